The number of ether oxygens (including phenoxy) is 1. The summed E-state index contributed by atoms with van der Waals surface area (Å²) < 4.78 is 5.27. The van der Waals surface area contributed by atoms with Gasteiger partial charge in [-0.15, -0.1) is 0 Å². The molecule has 0 amide bonds. The Morgan fingerprint density at radius 1 is 1.32 bits per heavy atom. The molecule has 1 rings (SSSR count). The van der Waals surface area contributed by atoms with Gasteiger partial charge in [0.25, 0.3) is 0 Å². The van der Waals surface area contributed by atoms with Crippen molar-refractivity contribution >= 4 is 17.3 Å². The van der Waals surface area contributed by atoms with Crippen molar-refractivity contribution in [2.24, 2.45) is 5.41 Å². The topological polar surface area (TPSA) is 53.5 Å². The van der Waals surface area contributed by atoms with E-state index in [-0.39, 0.29) is 12.0 Å². The molecule has 5 heteroatoms. The standard InChI is InChI=1S/C14H22N2O2S/c1-14(2,10-17)9-16-13(19)15-8-11-6-4-5-7-12(11)18-3/h4-7,17H,8-10H2,1-3H3,(H2,15,16,19). The zero-order valence-electron chi connectivity index (χ0n) is 11.7. The summed E-state index contributed by atoms with van der Waals surface area (Å²) in [7, 11) is 1.65. The third kappa shape index (κ3) is 5.44. The molecule has 0 heterocycles. The smallest absolute Gasteiger partial charge is 0.166 e. The van der Waals surface area contributed by atoms with E-state index >= 15 is 0 Å². The number of para-hydroxylation sites is 1. The molecule has 0 spiro atoms. The number of thiocarbonyl (C=S) groups is 1. The van der Waals surface area contributed by atoms with Crippen LogP contribution in [0.25, 0.3) is 0 Å². The van der Waals surface area contributed by atoms with Crippen molar-refractivity contribution in [3.63, 3.8) is 0 Å². The molecule has 0 aliphatic carbocycles. The first kappa shape index (κ1) is 15.7. The lowest BCUT2D eigenvalue weighted by Gasteiger charge is -2.23. The number of aliphatic hydroxyl groups is 1. The first-order valence-corrected chi connectivity index (χ1v) is 6.64. The van der Waals surface area contributed by atoms with Gasteiger partial charge in [0.15, 0.2) is 5.11 Å². The summed E-state index contributed by atoms with van der Waals surface area (Å²) >= 11 is 5.20. The number of nitrogens with one attached hydrogen (secondary N) is 2. The SMILES string of the molecule is COc1ccccc1CNC(=S)NCC(C)(C)CO. The van der Waals surface area contributed by atoms with Crippen LogP contribution in [-0.2, 0) is 6.54 Å². The van der Waals surface area contributed by atoms with Crippen LogP contribution in [0, 0.1) is 5.41 Å². The van der Waals surface area contributed by atoms with Gasteiger partial charge in [-0.25, -0.2) is 0 Å². The Kier molecular flexibility index (Phi) is 6.05. The predicted octanol–water partition coefficient (Wildman–Crippen LogP) is 1.68. The maximum absolute atomic E-state index is 9.16. The molecule has 1 aromatic rings. The zero-order valence-corrected chi connectivity index (χ0v) is 12.5. The van der Waals surface area contributed by atoms with E-state index in [9.17, 15) is 0 Å². The summed E-state index contributed by atoms with van der Waals surface area (Å²) in [5.41, 5.74) is 0.867. The van der Waals surface area contributed by atoms with E-state index in [1.165, 1.54) is 0 Å². The lowest BCUT2D eigenvalue weighted by molar-refractivity contribution is 0.162. The maximum Gasteiger partial charge on any atom is 0.166 e. The van der Waals surface area contributed by atoms with Crippen LogP contribution >= 0.6 is 12.2 Å². The van der Waals surface area contributed by atoms with Crippen molar-refractivity contribution in [3.8, 4) is 5.75 Å². The summed E-state index contributed by atoms with van der Waals surface area (Å²) in [4.78, 5) is 0. The lowest BCUT2D eigenvalue weighted by Crippen LogP contribution is -2.41. The van der Waals surface area contributed by atoms with Gasteiger partial charge in [-0.05, 0) is 18.3 Å². The normalized spacial score (nSPS) is 10.9. The molecule has 0 fully saturated rings. The average Bonchev–Trinajstić information content (AvgIpc) is 2.43. The maximum atomic E-state index is 9.16. The Labute approximate surface area is 120 Å². The number of hydrogen-bond donors (Lipinski definition) is 3. The van der Waals surface area contributed by atoms with E-state index < -0.39 is 0 Å². The minimum Gasteiger partial charge on any atom is -0.496 e. The minimum absolute atomic E-state index is 0.120. The van der Waals surface area contributed by atoms with Crippen molar-refractivity contribution in [2.75, 3.05) is 20.3 Å². The third-order valence-electron chi connectivity index (χ3n) is 2.79. The Bertz CT molecular complexity index is 422. The summed E-state index contributed by atoms with van der Waals surface area (Å²) in [6.07, 6.45) is 0. The molecular weight excluding hydrogens is 260 g/mol. The van der Waals surface area contributed by atoms with E-state index in [2.05, 4.69) is 10.6 Å². The lowest BCUT2D eigenvalue weighted by atomic mass is 9.95. The van der Waals surface area contributed by atoms with E-state index in [1.54, 1.807) is 7.11 Å². The fraction of sp³-hybridized carbons (Fsp3) is 0.500. The number of rotatable bonds is 6. The van der Waals surface area contributed by atoms with Crippen molar-refractivity contribution in [1.82, 2.24) is 10.6 Å². The molecule has 3 N–H and O–H groups in total. The molecule has 0 unspecified atom stereocenters. The largest absolute Gasteiger partial charge is 0.496 e. The van der Waals surface area contributed by atoms with E-state index in [0.717, 1.165) is 11.3 Å². The highest BCUT2D eigenvalue weighted by Crippen LogP contribution is 2.16. The highest BCUT2D eigenvalue weighted by atomic mass is 32.1. The quantitative estimate of drug-likeness (QED) is 0.693. The predicted molar refractivity (Wildman–Crippen MR) is 81.3 cm³/mol. The third-order valence-corrected chi connectivity index (χ3v) is 3.08. The van der Waals surface area contributed by atoms with Gasteiger partial charge in [0.1, 0.15) is 5.75 Å². The van der Waals surface area contributed by atoms with Crippen LogP contribution in [0.4, 0.5) is 0 Å². The molecule has 0 bridgehead atoms. The van der Waals surface area contributed by atoms with Crippen LogP contribution in [0.1, 0.15) is 19.4 Å². The molecule has 0 aliphatic heterocycles. The molecule has 19 heavy (non-hydrogen) atoms. The second kappa shape index (κ2) is 7.31. The molecule has 4 nitrogen and oxygen atoms in total. The highest BCUT2D eigenvalue weighted by molar-refractivity contribution is 7.80. The van der Waals surface area contributed by atoms with Crippen LogP contribution in [0.5, 0.6) is 5.75 Å². The number of benzene rings is 1. The molecule has 0 aliphatic rings. The fourth-order valence-electron chi connectivity index (χ4n) is 1.46. The van der Waals surface area contributed by atoms with Gasteiger partial charge >= 0.3 is 0 Å². The van der Waals surface area contributed by atoms with Gasteiger partial charge in [-0.1, -0.05) is 32.0 Å². The minimum atomic E-state index is -0.184. The van der Waals surface area contributed by atoms with Crippen LogP contribution < -0.4 is 15.4 Å². The van der Waals surface area contributed by atoms with Gasteiger partial charge < -0.3 is 20.5 Å². The highest BCUT2D eigenvalue weighted by Gasteiger charge is 2.16. The van der Waals surface area contributed by atoms with Crippen molar-refractivity contribution in [3.05, 3.63) is 29.8 Å². The molecule has 1 aromatic carbocycles. The Balaban J connectivity index is 2.42. The molecule has 0 saturated heterocycles. The van der Waals surface area contributed by atoms with Crippen LogP contribution in [0.3, 0.4) is 0 Å². The zero-order chi connectivity index (χ0) is 14.3. The van der Waals surface area contributed by atoms with E-state index in [4.69, 9.17) is 22.1 Å². The van der Waals surface area contributed by atoms with Crippen molar-refractivity contribution in [1.29, 1.82) is 0 Å². The number of aliphatic hydroxyl groups excluding tert-OH is 1. The van der Waals surface area contributed by atoms with Gasteiger partial charge in [0, 0.05) is 30.7 Å². The number of methoxy groups -OCH3 is 1. The second-order valence-electron chi connectivity index (χ2n) is 5.17. The van der Waals surface area contributed by atoms with Crippen LogP contribution in [0.15, 0.2) is 24.3 Å². The second-order valence-corrected chi connectivity index (χ2v) is 5.58. The van der Waals surface area contributed by atoms with Crippen molar-refractivity contribution in [2.45, 2.75) is 20.4 Å². The van der Waals surface area contributed by atoms with Gasteiger partial charge in [-0.3, -0.25) is 0 Å². The number of hydrogen-bond acceptors (Lipinski definition) is 3. The monoisotopic (exact) mass is 282 g/mol. The Morgan fingerprint density at radius 3 is 2.63 bits per heavy atom. The molecule has 106 valence electrons. The fourth-order valence-corrected chi connectivity index (χ4v) is 1.61. The van der Waals surface area contributed by atoms with Crippen LogP contribution in [0.2, 0.25) is 0 Å². The summed E-state index contributed by atoms with van der Waals surface area (Å²) in [6, 6.07) is 7.81. The van der Waals surface area contributed by atoms with Gasteiger partial charge in [-0.2, -0.15) is 0 Å². The first-order chi connectivity index (χ1) is 8.98. The average molecular weight is 282 g/mol. The molecule has 0 saturated carbocycles. The molecular formula is C14H22N2O2S. The van der Waals surface area contributed by atoms with E-state index in [0.29, 0.717) is 18.2 Å². The van der Waals surface area contributed by atoms with E-state index in [1.807, 2.05) is 38.1 Å². The molecule has 0 aromatic heterocycles. The summed E-state index contributed by atoms with van der Waals surface area (Å²) in [5, 5.41) is 16.0. The Morgan fingerprint density at radius 2 is 2.00 bits per heavy atom. The van der Waals surface area contributed by atoms with Gasteiger partial charge in [0.05, 0.1) is 7.11 Å². The van der Waals surface area contributed by atoms with Crippen molar-refractivity contribution < 1.29 is 9.84 Å². The summed E-state index contributed by atoms with van der Waals surface area (Å²) in [6.45, 7) is 5.30. The van der Waals surface area contributed by atoms with Crippen LogP contribution in [-0.4, -0.2) is 30.5 Å². The molecule has 0 radical (unpaired) electrons. The Hall–Kier alpha value is -1.33. The first-order valence-electron chi connectivity index (χ1n) is 6.23. The summed E-state index contributed by atoms with van der Waals surface area (Å²) in [5.74, 6) is 0.841. The van der Waals surface area contributed by atoms with Gasteiger partial charge in [0.2, 0.25) is 0 Å². The molecule has 0 atom stereocenters.